The molecule has 0 unspecified atom stereocenters. The van der Waals surface area contributed by atoms with Crippen molar-refractivity contribution in [3.63, 3.8) is 0 Å². The highest BCUT2D eigenvalue weighted by atomic mass is 16.5. The average molecular weight is 338 g/mol. The number of hydrogen-bond acceptors (Lipinski definition) is 3. The molecule has 1 aromatic heterocycles. The minimum absolute atomic E-state index is 0.0625. The zero-order chi connectivity index (χ0) is 17.6. The number of amides is 1. The molecule has 0 bridgehead atoms. The normalized spacial score (nSPS) is 20.0. The van der Waals surface area contributed by atoms with Gasteiger partial charge in [-0.25, -0.2) is 0 Å². The van der Waals surface area contributed by atoms with Crippen molar-refractivity contribution in [2.75, 3.05) is 13.2 Å². The second-order valence-corrected chi connectivity index (χ2v) is 7.10. The van der Waals surface area contributed by atoms with Gasteiger partial charge in [0.2, 0.25) is 5.91 Å². The molecule has 0 spiro atoms. The number of rotatable bonds is 6. The molecule has 1 N–H and O–H groups in total. The molecule has 1 aliphatic rings. The Balaban J connectivity index is 1.54. The van der Waals surface area contributed by atoms with Crippen molar-refractivity contribution in [1.82, 2.24) is 10.3 Å². The SMILES string of the molecule is CC(C)c1ccc(CC(=O)N[C@@H]2COC[C@H]2Cc2ccncc2)cc1. The van der Waals surface area contributed by atoms with Crippen LogP contribution >= 0.6 is 0 Å². The minimum atomic E-state index is 0.0625. The smallest absolute Gasteiger partial charge is 0.224 e. The molecular weight excluding hydrogens is 312 g/mol. The van der Waals surface area contributed by atoms with E-state index in [2.05, 4.69) is 48.4 Å². The van der Waals surface area contributed by atoms with Gasteiger partial charge >= 0.3 is 0 Å². The first-order valence-corrected chi connectivity index (χ1v) is 8.96. The van der Waals surface area contributed by atoms with E-state index in [0.717, 1.165) is 12.0 Å². The molecule has 1 saturated heterocycles. The molecule has 1 aliphatic heterocycles. The highest BCUT2D eigenvalue weighted by molar-refractivity contribution is 5.79. The molecule has 2 heterocycles. The first-order chi connectivity index (χ1) is 12.1. The molecule has 4 heteroatoms. The van der Waals surface area contributed by atoms with Gasteiger partial charge in [0.25, 0.3) is 0 Å². The van der Waals surface area contributed by atoms with E-state index < -0.39 is 0 Å². The van der Waals surface area contributed by atoms with E-state index in [1.165, 1.54) is 11.1 Å². The van der Waals surface area contributed by atoms with Crippen molar-refractivity contribution < 1.29 is 9.53 Å². The fourth-order valence-corrected chi connectivity index (χ4v) is 3.24. The van der Waals surface area contributed by atoms with Crippen LogP contribution in [0.1, 0.15) is 36.5 Å². The number of nitrogens with one attached hydrogen (secondary N) is 1. The van der Waals surface area contributed by atoms with Gasteiger partial charge in [-0.05, 0) is 41.2 Å². The summed E-state index contributed by atoms with van der Waals surface area (Å²) in [6, 6.07) is 12.4. The molecule has 4 nitrogen and oxygen atoms in total. The summed E-state index contributed by atoms with van der Waals surface area (Å²) >= 11 is 0. The summed E-state index contributed by atoms with van der Waals surface area (Å²) in [5, 5.41) is 3.16. The number of benzene rings is 1. The minimum Gasteiger partial charge on any atom is -0.379 e. The van der Waals surface area contributed by atoms with Crippen molar-refractivity contribution in [1.29, 1.82) is 0 Å². The molecule has 132 valence electrons. The Morgan fingerprint density at radius 1 is 1.12 bits per heavy atom. The monoisotopic (exact) mass is 338 g/mol. The molecule has 0 radical (unpaired) electrons. The summed E-state index contributed by atoms with van der Waals surface area (Å²) in [6.45, 7) is 5.62. The van der Waals surface area contributed by atoms with E-state index in [4.69, 9.17) is 4.74 Å². The largest absolute Gasteiger partial charge is 0.379 e. The Labute approximate surface area is 149 Å². The highest BCUT2D eigenvalue weighted by Crippen LogP contribution is 2.19. The van der Waals surface area contributed by atoms with Crippen LogP contribution in [0.25, 0.3) is 0 Å². The van der Waals surface area contributed by atoms with Gasteiger partial charge in [-0.3, -0.25) is 9.78 Å². The summed E-state index contributed by atoms with van der Waals surface area (Å²) in [7, 11) is 0. The highest BCUT2D eigenvalue weighted by Gasteiger charge is 2.29. The standard InChI is InChI=1S/C21H26N2O2/c1-15(2)18-5-3-16(4-6-18)12-21(24)23-20-14-25-13-19(20)11-17-7-9-22-10-8-17/h3-10,15,19-20H,11-14H2,1-2H3,(H,23,24)/t19-,20-/m1/s1. The Hall–Kier alpha value is -2.20. The van der Waals surface area contributed by atoms with Crippen LogP contribution in [0.4, 0.5) is 0 Å². The molecular formula is C21H26N2O2. The topological polar surface area (TPSA) is 51.2 Å². The zero-order valence-corrected chi connectivity index (χ0v) is 14.9. The van der Waals surface area contributed by atoms with Crippen LogP contribution < -0.4 is 5.32 Å². The van der Waals surface area contributed by atoms with Gasteiger partial charge in [0.1, 0.15) is 0 Å². The van der Waals surface area contributed by atoms with Crippen LogP contribution in [0.3, 0.4) is 0 Å². The fraction of sp³-hybridized carbons (Fsp3) is 0.429. The summed E-state index contributed by atoms with van der Waals surface area (Å²) < 4.78 is 5.60. The fourth-order valence-electron chi connectivity index (χ4n) is 3.24. The van der Waals surface area contributed by atoms with Crippen molar-refractivity contribution in [3.8, 4) is 0 Å². The maximum Gasteiger partial charge on any atom is 0.224 e. The predicted octanol–water partition coefficient (Wildman–Crippen LogP) is 3.12. The molecule has 2 atom stereocenters. The first-order valence-electron chi connectivity index (χ1n) is 8.96. The van der Waals surface area contributed by atoms with E-state index in [1.54, 1.807) is 12.4 Å². The quantitative estimate of drug-likeness (QED) is 0.880. The number of carbonyl (C=O) groups is 1. The van der Waals surface area contributed by atoms with Gasteiger partial charge in [-0.15, -0.1) is 0 Å². The van der Waals surface area contributed by atoms with Crippen LogP contribution in [-0.2, 0) is 22.4 Å². The van der Waals surface area contributed by atoms with Crippen LogP contribution in [0.5, 0.6) is 0 Å². The van der Waals surface area contributed by atoms with Gasteiger partial charge in [0, 0.05) is 18.3 Å². The summed E-state index contributed by atoms with van der Waals surface area (Å²) in [4.78, 5) is 16.5. The first kappa shape index (κ1) is 17.6. The molecule has 2 aromatic rings. The number of pyridine rings is 1. The van der Waals surface area contributed by atoms with Gasteiger partial charge in [0.05, 0.1) is 25.7 Å². The second-order valence-electron chi connectivity index (χ2n) is 7.10. The lowest BCUT2D eigenvalue weighted by molar-refractivity contribution is -0.121. The van der Waals surface area contributed by atoms with Crippen molar-refractivity contribution in [2.24, 2.45) is 5.92 Å². The predicted molar refractivity (Wildman–Crippen MR) is 98.4 cm³/mol. The van der Waals surface area contributed by atoms with Crippen LogP contribution in [0.2, 0.25) is 0 Å². The van der Waals surface area contributed by atoms with E-state index in [1.807, 2.05) is 12.1 Å². The molecule has 3 rings (SSSR count). The summed E-state index contributed by atoms with van der Waals surface area (Å²) in [6.07, 6.45) is 4.92. The number of carbonyl (C=O) groups excluding carboxylic acids is 1. The maximum absolute atomic E-state index is 12.4. The van der Waals surface area contributed by atoms with E-state index in [0.29, 0.717) is 31.5 Å². The average Bonchev–Trinajstić information content (AvgIpc) is 3.03. The number of ether oxygens (including phenoxy) is 1. The van der Waals surface area contributed by atoms with Crippen molar-refractivity contribution >= 4 is 5.91 Å². The molecule has 0 saturated carbocycles. The number of aromatic nitrogens is 1. The lowest BCUT2D eigenvalue weighted by Gasteiger charge is -2.19. The third-order valence-corrected chi connectivity index (χ3v) is 4.80. The Morgan fingerprint density at radius 3 is 2.52 bits per heavy atom. The molecule has 1 aromatic carbocycles. The third-order valence-electron chi connectivity index (χ3n) is 4.80. The van der Waals surface area contributed by atoms with Gasteiger partial charge in [-0.2, -0.15) is 0 Å². The van der Waals surface area contributed by atoms with E-state index in [-0.39, 0.29) is 11.9 Å². The molecule has 25 heavy (non-hydrogen) atoms. The molecule has 1 amide bonds. The van der Waals surface area contributed by atoms with Crippen LogP contribution in [0, 0.1) is 5.92 Å². The van der Waals surface area contributed by atoms with Crippen molar-refractivity contribution in [3.05, 3.63) is 65.5 Å². The lowest BCUT2D eigenvalue weighted by atomic mass is 9.95. The lowest BCUT2D eigenvalue weighted by Crippen LogP contribution is -2.41. The van der Waals surface area contributed by atoms with Gasteiger partial charge in [-0.1, -0.05) is 38.1 Å². The second kappa shape index (κ2) is 8.26. The van der Waals surface area contributed by atoms with Crippen molar-refractivity contribution in [2.45, 2.75) is 38.6 Å². The molecule has 1 fully saturated rings. The molecule has 0 aliphatic carbocycles. The zero-order valence-electron chi connectivity index (χ0n) is 14.9. The Morgan fingerprint density at radius 2 is 1.84 bits per heavy atom. The Kier molecular flexibility index (Phi) is 5.82. The maximum atomic E-state index is 12.4. The van der Waals surface area contributed by atoms with Crippen LogP contribution in [0.15, 0.2) is 48.8 Å². The third kappa shape index (κ3) is 4.89. The number of hydrogen-bond donors (Lipinski definition) is 1. The van der Waals surface area contributed by atoms with E-state index in [9.17, 15) is 4.79 Å². The Bertz CT molecular complexity index is 683. The summed E-state index contributed by atoms with van der Waals surface area (Å²) in [5.41, 5.74) is 3.58. The summed E-state index contributed by atoms with van der Waals surface area (Å²) in [5.74, 6) is 0.884. The van der Waals surface area contributed by atoms with E-state index >= 15 is 0 Å². The van der Waals surface area contributed by atoms with Gasteiger partial charge < -0.3 is 10.1 Å². The van der Waals surface area contributed by atoms with Gasteiger partial charge in [0.15, 0.2) is 0 Å². The number of nitrogens with zero attached hydrogens (tertiary/aromatic N) is 1. The van der Waals surface area contributed by atoms with Crippen LogP contribution in [-0.4, -0.2) is 30.1 Å².